The molecule has 0 unspecified atom stereocenters. The van der Waals surface area contributed by atoms with E-state index < -0.39 is 0 Å². The maximum absolute atomic E-state index is 7.49. The van der Waals surface area contributed by atoms with Crippen LogP contribution in [-0.2, 0) is 0 Å². The van der Waals surface area contributed by atoms with Gasteiger partial charge in [0, 0.05) is 27.1 Å². The van der Waals surface area contributed by atoms with Crippen LogP contribution >= 0.6 is 11.3 Å². The summed E-state index contributed by atoms with van der Waals surface area (Å²) in [5.41, 5.74) is 8.55. The molecular weight excluding hydrogens is 264 g/mol. The van der Waals surface area contributed by atoms with Gasteiger partial charge in [-0.05, 0) is 43.5 Å². The zero-order valence-electron chi connectivity index (χ0n) is 11.7. The predicted molar refractivity (Wildman–Crippen MR) is 90.3 cm³/mol. The van der Waals surface area contributed by atoms with Gasteiger partial charge in [0.15, 0.2) is 0 Å². The molecule has 2 rings (SSSR count). The van der Waals surface area contributed by atoms with Crippen molar-refractivity contribution in [1.82, 2.24) is 0 Å². The molecule has 0 bridgehead atoms. The van der Waals surface area contributed by atoms with E-state index in [1.807, 2.05) is 44.2 Å². The van der Waals surface area contributed by atoms with Gasteiger partial charge in [0.2, 0.25) is 0 Å². The Balaban J connectivity index is 2.37. The highest BCUT2D eigenvalue weighted by molar-refractivity contribution is 7.19. The van der Waals surface area contributed by atoms with Gasteiger partial charge in [-0.3, -0.25) is 0 Å². The summed E-state index contributed by atoms with van der Waals surface area (Å²) in [6.45, 7) is 3.97. The van der Waals surface area contributed by atoms with Crippen LogP contribution in [0.4, 0.5) is 0 Å². The topological polar surface area (TPSA) is 49.9 Å². The van der Waals surface area contributed by atoms with Crippen LogP contribution in [0.25, 0.3) is 16.2 Å². The molecule has 1 heterocycles. The monoisotopic (exact) mass is 282 g/mol. The fourth-order valence-electron chi connectivity index (χ4n) is 1.85. The normalized spacial score (nSPS) is 13.8. The molecule has 1 aromatic carbocycles. The molecule has 0 atom stereocenters. The van der Waals surface area contributed by atoms with E-state index in [9.17, 15) is 0 Å². The van der Waals surface area contributed by atoms with Crippen LogP contribution in [0, 0.1) is 5.41 Å². The van der Waals surface area contributed by atoms with Crippen molar-refractivity contribution in [1.29, 1.82) is 5.41 Å². The predicted octanol–water partition coefficient (Wildman–Crippen LogP) is 4.74. The Hall–Kier alpha value is -2.13. The lowest BCUT2D eigenvalue weighted by molar-refractivity contribution is 1.37. The molecule has 0 aliphatic carbocycles. The third kappa shape index (κ3) is 3.25. The van der Waals surface area contributed by atoms with Crippen molar-refractivity contribution in [3.8, 4) is 0 Å². The number of benzene rings is 1. The van der Waals surface area contributed by atoms with Gasteiger partial charge in [0.25, 0.3) is 0 Å². The van der Waals surface area contributed by atoms with E-state index in [4.69, 9.17) is 11.1 Å². The Morgan fingerprint density at radius 1 is 1.30 bits per heavy atom. The maximum atomic E-state index is 7.49. The molecule has 2 aromatic rings. The molecule has 0 aliphatic rings. The number of allylic oxidation sites excluding steroid dienone is 4. The quantitative estimate of drug-likeness (QED) is 0.617. The second-order valence-electron chi connectivity index (χ2n) is 4.56. The number of nitrogens with one attached hydrogen (secondary N) is 1. The summed E-state index contributed by atoms with van der Waals surface area (Å²) in [4.78, 5) is 1.11. The van der Waals surface area contributed by atoms with Crippen molar-refractivity contribution in [2.75, 3.05) is 0 Å². The molecule has 0 spiro atoms. The van der Waals surface area contributed by atoms with Crippen LogP contribution < -0.4 is 5.73 Å². The molecule has 0 saturated heterocycles. The number of nitrogens with two attached hydrogens (primary N) is 1. The number of fused-ring (bicyclic) bond motifs is 1. The third-order valence-electron chi connectivity index (χ3n) is 3.07. The maximum Gasteiger partial charge on any atom is 0.0417 e. The summed E-state index contributed by atoms with van der Waals surface area (Å²) in [6.07, 6.45) is 7.15. The van der Waals surface area contributed by atoms with Crippen molar-refractivity contribution >= 4 is 33.7 Å². The van der Waals surface area contributed by atoms with Gasteiger partial charge in [-0.2, -0.15) is 0 Å². The summed E-state index contributed by atoms with van der Waals surface area (Å²) in [6, 6.07) is 10.4. The van der Waals surface area contributed by atoms with Crippen molar-refractivity contribution in [3.05, 3.63) is 64.2 Å². The Labute approximate surface area is 123 Å². The third-order valence-corrected chi connectivity index (χ3v) is 4.13. The van der Waals surface area contributed by atoms with Crippen molar-refractivity contribution in [2.24, 2.45) is 5.73 Å². The average Bonchev–Trinajstić information content (AvgIpc) is 2.86. The fraction of sp³-hybridized carbons (Fsp3) is 0.118. The van der Waals surface area contributed by atoms with Gasteiger partial charge in [-0.25, -0.2) is 0 Å². The van der Waals surface area contributed by atoms with E-state index in [1.54, 1.807) is 11.3 Å². The lowest BCUT2D eigenvalue weighted by Gasteiger charge is -2.01. The highest BCUT2D eigenvalue weighted by atomic mass is 32.1. The Bertz CT molecular complexity index is 684. The molecule has 3 heteroatoms. The highest BCUT2D eigenvalue weighted by Gasteiger charge is 2.02. The van der Waals surface area contributed by atoms with Crippen LogP contribution in [0.15, 0.2) is 59.3 Å². The first-order valence-corrected chi connectivity index (χ1v) is 7.27. The minimum atomic E-state index is 0.618. The van der Waals surface area contributed by atoms with E-state index >= 15 is 0 Å². The molecule has 0 fully saturated rings. The van der Waals surface area contributed by atoms with E-state index in [1.165, 1.54) is 16.3 Å². The largest absolute Gasteiger partial charge is 0.398 e. The molecule has 0 radical (unpaired) electrons. The summed E-state index contributed by atoms with van der Waals surface area (Å²) >= 11 is 1.70. The van der Waals surface area contributed by atoms with Gasteiger partial charge in [-0.15, -0.1) is 11.3 Å². The summed E-state index contributed by atoms with van der Waals surface area (Å²) in [7, 11) is 0. The molecular formula is C17H18N2S. The number of rotatable bonds is 4. The van der Waals surface area contributed by atoms with Gasteiger partial charge in [0.05, 0.1) is 0 Å². The van der Waals surface area contributed by atoms with E-state index in [-0.39, 0.29) is 0 Å². The lowest BCUT2D eigenvalue weighted by Crippen LogP contribution is -2.01. The zero-order valence-corrected chi connectivity index (χ0v) is 12.5. The Morgan fingerprint density at radius 2 is 2.05 bits per heavy atom. The molecule has 102 valence electrons. The van der Waals surface area contributed by atoms with E-state index in [2.05, 4.69) is 18.2 Å². The van der Waals surface area contributed by atoms with Crippen LogP contribution in [0.1, 0.15) is 18.7 Å². The summed E-state index contributed by atoms with van der Waals surface area (Å²) < 4.78 is 1.25. The summed E-state index contributed by atoms with van der Waals surface area (Å²) in [5, 5.41) is 8.72. The number of hydrogen-bond acceptors (Lipinski definition) is 3. The van der Waals surface area contributed by atoms with E-state index in [0.29, 0.717) is 5.70 Å². The van der Waals surface area contributed by atoms with Crippen LogP contribution in [0.5, 0.6) is 0 Å². The van der Waals surface area contributed by atoms with Crippen LogP contribution in [0.2, 0.25) is 0 Å². The van der Waals surface area contributed by atoms with Gasteiger partial charge < -0.3 is 11.1 Å². The molecule has 20 heavy (non-hydrogen) atoms. The van der Waals surface area contributed by atoms with Crippen molar-refractivity contribution < 1.29 is 0 Å². The summed E-state index contributed by atoms with van der Waals surface area (Å²) in [5.74, 6) is 0. The molecule has 2 nitrogen and oxygen atoms in total. The van der Waals surface area contributed by atoms with E-state index in [0.717, 1.165) is 16.0 Å². The second kappa shape index (κ2) is 6.35. The fourth-order valence-corrected chi connectivity index (χ4v) is 2.86. The lowest BCUT2D eigenvalue weighted by atomic mass is 10.1. The molecule has 0 aliphatic heterocycles. The van der Waals surface area contributed by atoms with Gasteiger partial charge >= 0.3 is 0 Å². The average molecular weight is 282 g/mol. The molecule has 0 amide bonds. The standard InChI is InChI=1S/C17H18N2S/c1-3-12(2)8-14(11-18)16(19)10-15-9-13-6-4-5-7-17(13)20-15/h3-11,18H,19H2,1-2H3/b12-3-,14-8-,16-10-,18-11?. The molecule has 1 aromatic heterocycles. The number of hydrogen-bond donors (Lipinski definition) is 2. The van der Waals surface area contributed by atoms with Crippen molar-refractivity contribution in [2.45, 2.75) is 13.8 Å². The molecule has 0 saturated carbocycles. The van der Waals surface area contributed by atoms with Gasteiger partial charge in [0.1, 0.15) is 0 Å². The minimum absolute atomic E-state index is 0.618. The highest BCUT2D eigenvalue weighted by Crippen LogP contribution is 2.27. The first kappa shape index (κ1) is 14.3. The SMILES string of the molecule is C\C=C(C)/C=C(C=N)\C(N)=C\c1cc2ccccc2s1. The Morgan fingerprint density at radius 3 is 2.70 bits per heavy atom. The first-order valence-electron chi connectivity index (χ1n) is 6.45. The van der Waals surface area contributed by atoms with Crippen LogP contribution in [0.3, 0.4) is 0 Å². The first-order chi connectivity index (χ1) is 9.63. The Kier molecular flexibility index (Phi) is 4.53. The minimum Gasteiger partial charge on any atom is -0.398 e. The molecule has 3 N–H and O–H groups in total. The number of thiophene rings is 1. The van der Waals surface area contributed by atoms with Crippen molar-refractivity contribution in [3.63, 3.8) is 0 Å². The van der Waals surface area contributed by atoms with Gasteiger partial charge in [-0.1, -0.05) is 29.8 Å². The smallest absolute Gasteiger partial charge is 0.0417 e. The second-order valence-corrected chi connectivity index (χ2v) is 5.68. The van der Waals surface area contributed by atoms with Crippen LogP contribution in [-0.4, -0.2) is 6.21 Å². The zero-order chi connectivity index (χ0) is 14.5.